The van der Waals surface area contributed by atoms with Crippen molar-refractivity contribution >= 4 is 34.9 Å². The second-order valence-corrected chi connectivity index (χ2v) is 4.11. The molecule has 2 N–H and O–H groups in total. The maximum absolute atomic E-state index is 11.5. The molecule has 2 amide bonds. The van der Waals surface area contributed by atoms with Crippen LogP contribution in [0.3, 0.4) is 0 Å². The van der Waals surface area contributed by atoms with Crippen molar-refractivity contribution in [2.75, 3.05) is 25.6 Å². The van der Waals surface area contributed by atoms with Crippen LogP contribution in [-0.4, -0.2) is 26.3 Å². The highest BCUT2D eigenvalue weighted by molar-refractivity contribution is 6.43. The Kier molecular flexibility index (Phi) is 6.11. The molecule has 1 aromatic carbocycles. The monoisotopic (exact) mass is 276 g/mol. The Morgan fingerprint density at radius 3 is 2.88 bits per heavy atom. The molecule has 0 heterocycles. The SMILES string of the molecule is COCCCNC(=O)Nc1cccc(Cl)c1Cl. The average molecular weight is 277 g/mol. The lowest BCUT2D eigenvalue weighted by Crippen LogP contribution is -2.30. The van der Waals surface area contributed by atoms with Crippen LogP contribution in [0.5, 0.6) is 0 Å². The Morgan fingerprint density at radius 2 is 2.18 bits per heavy atom. The second kappa shape index (κ2) is 7.37. The van der Waals surface area contributed by atoms with Gasteiger partial charge in [0.05, 0.1) is 15.7 Å². The van der Waals surface area contributed by atoms with Crippen LogP contribution in [0, 0.1) is 0 Å². The van der Waals surface area contributed by atoms with E-state index >= 15 is 0 Å². The van der Waals surface area contributed by atoms with E-state index in [2.05, 4.69) is 10.6 Å². The number of amides is 2. The second-order valence-electron chi connectivity index (χ2n) is 3.33. The highest BCUT2D eigenvalue weighted by atomic mass is 35.5. The fourth-order valence-corrected chi connectivity index (χ4v) is 1.53. The molecule has 0 saturated carbocycles. The largest absolute Gasteiger partial charge is 0.385 e. The highest BCUT2D eigenvalue weighted by Gasteiger charge is 2.07. The van der Waals surface area contributed by atoms with Gasteiger partial charge in [-0.15, -0.1) is 0 Å². The molecule has 4 nitrogen and oxygen atoms in total. The van der Waals surface area contributed by atoms with E-state index in [0.29, 0.717) is 28.9 Å². The summed E-state index contributed by atoms with van der Waals surface area (Å²) in [6, 6.07) is 4.74. The molecule has 0 bridgehead atoms. The summed E-state index contributed by atoms with van der Waals surface area (Å²) in [5.74, 6) is 0. The number of hydrogen-bond acceptors (Lipinski definition) is 2. The van der Waals surface area contributed by atoms with E-state index in [4.69, 9.17) is 27.9 Å². The van der Waals surface area contributed by atoms with Gasteiger partial charge in [-0.3, -0.25) is 0 Å². The zero-order chi connectivity index (χ0) is 12.7. The first kappa shape index (κ1) is 14.1. The quantitative estimate of drug-likeness (QED) is 0.812. The van der Waals surface area contributed by atoms with Crippen molar-refractivity contribution in [1.29, 1.82) is 0 Å². The Hall–Kier alpha value is -0.970. The van der Waals surface area contributed by atoms with Crippen LogP contribution in [0.25, 0.3) is 0 Å². The number of nitrogens with one attached hydrogen (secondary N) is 2. The van der Waals surface area contributed by atoms with Crippen LogP contribution in [0.4, 0.5) is 10.5 Å². The molecule has 1 rings (SSSR count). The average Bonchev–Trinajstić information content (AvgIpc) is 2.31. The minimum atomic E-state index is -0.315. The van der Waals surface area contributed by atoms with Gasteiger partial charge in [0.1, 0.15) is 0 Å². The molecule has 0 unspecified atom stereocenters. The summed E-state index contributed by atoms with van der Waals surface area (Å²) in [4.78, 5) is 11.5. The van der Waals surface area contributed by atoms with E-state index < -0.39 is 0 Å². The molecule has 0 fully saturated rings. The van der Waals surface area contributed by atoms with Crippen LogP contribution in [0.2, 0.25) is 10.0 Å². The zero-order valence-corrected chi connectivity index (χ0v) is 10.9. The molecule has 0 radical (unpaired) electrons. The number of halogens is 2. The number of carbonyl (C=O) groups excluding carboxylic acids is 1. The number of methoxy groups -OCH3 is 1. The fraction of sp³-hybridized carbons (Fsp3) is 0.364. The standard InChI is InChI=1S/C11H14Cl2N2O2/c1-17-7-3-6-14-11(16)15-9-5-2-4-8(12)10(9)13/h2,4-5H,3,6-7H2,1H3,(H2,14,15,16). The summed E-state index contributed by atoms with van der Waals surface area (Å²) in [5.41, 5.74) is 0.489. The third-order valence-electron chi connectivity index (χ3n) is 2.01. The van der Waals surface area contributed by atoms with E-state index in [-0.39, 0.29) is 6.03 Å². The molecule has 0 saturated heterocycles. The van der Waals surface area contributed by atoms with Gasteiger partial charge in [-0.25, -0.2) is 4.79 Å². The van der Waals surface area contributed by atoms with Crippen LogP contribution in [-0.2, 0) is 4.74 Å². The van der Waals surface area contributed by atoms with Gasteiger partial charge in [-0.1, -0.05) is 29.3 Å². The van der Waals surface area contributed by atoms with E-state index in [1.54, 1.807) is 25.3 Å². The topological polar surface area (TPSA) is 50.4 Å². The van der Waals surface area contributed by atoms with Crippen molar-refractivity contribution in [1.82, 2.24) is 5.32 Å². The van der Waals surface area contributed by atoms with Crippen molar-refractivity contribution in [3.8, 4) is 0 Å². The fourth-order valence-electron chi connectivity index (χ4n) is 1.19. The van der Waals surface area contributed by atoms with E-state index in [1.807, 2.05) is 0 Å². The zero-order valence-electron chi connectivity index (χ0n) is 9.43. The van der Waals surface area contributed by atoms with Crippen LogP contribution in [0.15, 0.2) is 18.2 Å². The third-order valence-corrected chi connectivity index (χ3v) is 2.83. The summed E-state index contributed by atoms with van der Waals surface area (Å²) in [6.07, 6.45) is 0.757. The molecule has 6 heteroatoms. The predicted molar refractivity (Wildman–Crippen MR) is 70.0 cm³/mol. The third kappa shape index (κ3) is 4.81. The van der Waals surface area contributed by atoms with Gasteiger partial charge in [-0.05, 0) is 18.6 Å². The normalized spacial score (nSPS) is 10.1. The molecule has 1 aromatic rings. The molecule has 94 valence electrons. The van der Waals surface area contributed by atoms with Gasteiger partial charge in [0.2, 0.25) is 0 Å². The van der Waals surface area contributed by atoms with Crippen LogP contribution < -0.4 is 10.6 Å². The van der Waals surface area contributed by atoms with Crippen molar-refractivity contribution < 1.29 is 9.53 Å². The van der Waals surface area contributed by atoms with Gasteiger partial charge in [-0.2, -0.15) is 0 Å². The molecular weight excluding hydrogens is 263 g/mol. The van der Waals surface area contributed by atoms with E-state index in [1.165, 1.54) is 0 Å². The van der Waals surface area contributed by atoms with Crippen molar-refractivity contribution in [2.45, 2.75) is 6.42 Å². The Morgan fingerprint density at radius 1 is 1.41 bits per heavy atom. The summed E-state index contributed by atoms with van der Waals surface area (Å²) in [6.45, 7) is 1.15. The minimum absolute atomic E-state index is 0.315. The molecule has 0 atom stereocenters. The van der Waals surface area contributed by atoms with Crippen LogP contribution >= 0.6 is 23.2 Å². The van der Waals surface area contributed by atoms with Gasteiger partial charge in [0.25, 0.3) is 0 Å². The number of anilines is 1. The lowest BCUT2D eigenvalue weighted by Gasteiger charge is -2.09. The highest BCUT2D eigenvalue weighted by Crippen LogP contribution is 2.29. The van der Waals surface area contributed by atoms with Gasteiger partial charge >= 0.3 is 6.03 Å². The maximum Gasteiger partial charge on any atom is 0.319 e. The number of carbonyl (C=O) groups is 1. The van der Waals surface area contributed by atoms with E-state index in [0.717, 1.165) is 6.42 Å². The molecular formula is C11H14Cl2N2O2. The van der Waals surface area contributed by atoms with Gasteiger partial charge < -0.3 is 15.4 Å². The first-order chi connectivity index (χ1) is 8.15. The predicted octanol–water partition coefficient (Wildman–Crippen LogP) is 3.15. The summed E-state index contributed by atoms with van der Waals surface area (Å²) >= 11 is 11.7. The number of hydrogen-bond donors (Lipinski definition) is 2. The number of rotatable bonds is 5. The molecule has 0 aromatic heterocycles. The minimum Gasteiger partial charge on any atom is -0.385 e. The maximum atomic E-state index is 11.5. The lowest BCUT2D eigenvalue weighted by atomic mass is 10.3. The molecule has 0 aliphatic carbocycles. The molecule has 0 aliphatic rings. The van der Waals surface area contributed by atoms with Crippen molar-refractivity contribution in [3.63, 3.8) is 0 Å². The number of urea groups is 1. The smallest absolute Gasteiger partial charge is 0.319 e. The first-order valence-electron chi connectivity index (χ1n) is 5.13. The lowest BCUT2D eigenvalue weighted by molar-refractivity contribution is 0.194. The number of benzene rings is 1. The van der Waals surface area contributed by atoms with Crippen molar-refractivity contribution in [2.24, 2.45) is 0 Å². The Bertz CT molecular complexity index is 386. The molecule has 0 aliphatic heterocycles. The molecule has 0 spiro atoms. The van der Waals surface area contributed by atoms with Gasteiger partial charge in [0.15, 0.2) is 0 Å². The summed E-state index contributed by atoms with van der Waals surface area (Å²) in [5, 5.41) is 6.04. The Labute approximate surface area is 110 Å². The summed E-state index contributed by atoms with van der Waals surface area (Å²) < 4.78 is 4.87. The van der Waals surface area contributed by atoms with Gasteiger partial charge in [0, 0.05) is 20.3 Å². The van der Waals surface area contributed by atoms with E-state index in [9.17, 15) is 4.79 Å². The van der Waals surface area contributed by atoms with Crippen molar-refractivity contribution in [3.05, 3.63) is 28.2 Å². The Balaban J connectivity index is 2.43. The van der Waals surface area contributed by atoms with Crippen LogP contribution in [0.1, 0.15) is 6.42 Å². The first-order valence-corrected chi connectivity index (χ1v) is 5.88. The summed E-state index contributed by atoms with van der Waals surface area (Å²) in [7, 11) is 1.62. The molecule has 17 heavy (non-hydrogen) atoms. The number of ether oxygens (including phenoxy) is 1.